The monoisotopic (exact) mass is 240 g/mol. The molecule has 1 aromatic carbocycles. The molecule has 2 rings (SSSR count). The van der Waals surface area contributed by atoms with E-state index in [0.717, 1.165) is 11.1 Å². The van der Waals surface area contributed by atoms with Crippen LogP contribution in [0, 0.1) is 6.92 Å². The first-order valence-electron chi connectivity index (χ1n) is 5.91. The molecular weight excluding hydrogens is 224 g/mol. The minimum Gasteiger partial charge on any atom is -0.334 e. The Morgan fingerprint density at radius 2 is 1.94 bits per heavy atom. The van der Waals surface area contributed by atoms with E-state index >= 15 is 0 Å². The van der Waals surface area contributed by atoms with Gasteiger partial charge in [-0.3, -0.25) is 0 Å². The van der Waals surface area contributed by atoms with Gasteiger partial charge in [0, 0.05) is 11.1 Å². The molecule has 1 aromatic heterocycles. The van der Waals surface area contributed by atoms with Crippen LogP contribution in [0.2, 0.25) is 0 Å². The van der Waals surface area contributed by atoms with Gasteiger partial charge in [-0.25, -0.2) is 0 Å². The number of rotatable bonds is 3. The van der Waals surface area contributed by atoms with Crippen molar-refractivity contribution in [1.29, 1.82) is 0 Å². The molecule has 0 amide bonds. The van der Waals surface area contributed by atoms with Crippen LogP contribution in [0.4, 0.5) is 0 Å². The highest BCUT2D eigenvalue weighted by Crippen LogP contribution is 2.19. The van der Waals surface area contributed by atoms with Crippen LogP contribution < -0.4 is 0 Å². The first kappa shape index (κ1) is 12.3. The van der Waals surface area contributed by atoms with Gasteiger partial charge in [-0.1, -0.05) is 53.2 Å². The summed E-state index contributed by atoms with van der Waals surface area (Å²) in [4.78, 5) is 4.38. The maximum Gasteiger partial charge on any atom is 0.253 e. The lowest BCUT2D eigenvalue weighted by atomic mass is 10.1. The molecule has 2 aromatic rings. The van der Waals surface area contributed by atoms with Gasteiger partial charge in [0.15, 0.2) is 0 Å². The normalized spacial score (nSPS) is 12.3. The summed E-state index contributed by atoms with van der Waals surface area (Å²) in [7, 11) is 0. The molecule has 0 N–H and O–H groups in total. The molecule has 0 aliphatic heterocycles. The lowest BCUT2D eigenvalue weighted by molar-refractivity contribution is 0.408. The first-order chi connectivity index (χ1) is 8.70. The molecule has 1 heterocycles. The van der Waals surface area contributed by atoms with Crippen molar-refractivity contribution in [1.82, 2.24) is 10.1 Å². The van der Waals surface area contributed by atoms with Crippen LogP contribution in [0.3, 0.4) is 0 Å². The third-order valence-electron chi connectivity index (χ3n) is 2.61. The summed E-state index contributed by atoms with van der Waals surface area (Å²) in [6.45, 7) is 5.97. The quantitative estimate of drug-likeness (QED) is 0.760. The molecule has 0 spiro atoms. The summed E-state index contributed by atoms with van der Waals surface area (Å²) in [6, 6.07) is 8.06. The minimum atomic E-state index is 0.559. The van der Waals surface area contributed by atoms with Gasteiger partial charge in [0.2, 0.25) is 5.82 Å². The Morgan fingerprint density at radius 3 is 2.61 bits per heavy atom. The van der Waals surface area contributed by atoms with Crippen LogP contribution in [-0.4, -0.2) is 10.1 Å². The smallest absolute Gasteiger partial charge is 0.253 e. The van der Waals surface area contributed by atoms with Crippen LogP contribution >= 0.6 is 0 Å². The van der Waals surface area contributed by atoms with E-state index in [0.29, 0.717) is 11.7 Å². The molecule has 3 nitrogen and oxygen atoms in total. The van der Waals surface area contributed by atoms with Crippen molar-refractivity contribution in [3.63, 3.8) is 0 Å². The lowest BCUT2D eigenvalue weighted by Gasteiger charge is -1.94. The average molecular weight is 240 g/mol. The van der Waals surface area contributed by atoms with E-state index in [-0.39, 0.29) is 0 Å². The van der Waals surface area contributed by atoms with Crippen LogP contribution in [0.15, 0.2) is 47.0 Å². The predicted molar refractivity (Wildman–Crippen MR) is 72.9 cm³/mol. The maximum atomic E-state index is 5.24. The van der Waals surface area contributed by atoms with E-state index in [2.05, 4.69) is 17.1 Å². The zero-order valence-corrected chi connectivity index (χ0v) is 10.8. The Labute approximate surface area is 107 Å². The molecule has 0 aliphatic rings. The van der Waals surface area contributed by atoms with Gasteiger partial charge in [0.1, 0.15) is 0 Å². The number of hydrogen-bond donors (Lipinski definition) is 0. The summed E-state index contributed by atoms with van der Waals surface area (Å²) in [5.41, 5.74) is 3.14. The largest absolute Gasteiger partial charge is 0.334 e. The fourth-order valence-electron chi connectivity index (χ4n) is 1.52. The fraction of sp³-hybridized carbons (Fsp3) is 0.200. The zero-order chi connectivity index (χ0) is 13.0. The number of nitrogens with zero attached hydrogens (tertiary/aromatic N) is 2. The molecule has 0 radical (unpaired) electrons. The summed E-state index contributed by atoms with van der Waals surface area (Å²) >= 11 is 0. The fourth-order valence-corrected chi connectivity index (χ4v) is 1.52. The second kappa shape index (κ2) is 5.45. The molecule has 0 aliphatic carbocycles. The molecule has 0 fully saturated rings. The van der Waals surface area contributed by atoms with E-state index in [1.165, 1.54) is 5.56 Å². The highest BCUT2D eigenvalue weighted by atomic mass is 16.5. The number of hydrogen-bond acceptors (Lipinski definition) is 3. The Morgan fingerprint density at radius 1 is 1.22 bits per heavy atom. The summed E-state index contributed by atoms with van der Waals surface area (Å²) in [6.07, 6.45) is 5.86. The number of aromatic nitrogens is 2. The van der Waals surface area contributed by atoms with E-state index in [9.17, 15) is 0 Å². The second-order valence-electron chi connectivity index (χ2n) is 4.16. The third-order valence-corrected chi connectivity index (χ3v) is 2.61. The lowest BCUT2D eigenvalue weighted by Crippen LogP contribution is -1.82. The van der Waals surface area contributed by atoms with Crippen LogP contribution in [0.1, 0.15) is 25.3 Å². The molecule has 18 heavy (non-hydrogen) atoms. The molecular formula is C15H16N2O. The third kappa shape index (κ3) is 2.74. The van der Waals surface area contributed by atoms with Crippen molar-refractivity contribution < 1.29 is 4.52 Å². The number of benzene rings is 1. The highest BCUT2D eigenvalue weighted by molar-refractivity contribution is 5.61. The van der Waals surface area contributed by atoms with Gasteiger partial charge in [-0.05, 0) is 20.8 Å². The van der Waals surface area contributed by atoms with Crippen molar-refractivity contribution in [2.75, 3.05) is 0 Å². The topological polar surface area (TPSA) is 38.9 Å². The zero-order valence-electron chi connectivity index (χ0n) is 10.8. The molecule has 0 unspecified atom stereocenters. The summed E-state index contributed by atoms with van der Waals surface area (Å²) < 4.78 is 5.24. The SMILES string of the molecule is C/C=C\C=C(/C)c1nc(-c2ccc(C)cc2)no1. The van der Waals surface area contributed by atoms with Gasteiger partial charge in [-0.2, -0.15) is 4.98 Å². The maximum absolute atomic E-state index is 5.24. The second-order valence-corrected chi connectivity index (χ2v) is 4.16. The Kier molecular flexibility index (Phi) is 3.72. The molecule has 0 saturated carbocycles. The highest BCUT2D eigenvalue weighted by Gasteiger charge is 2.09. The standard InChI is InChI=1S/C15H16N2O/c1-4-5-6-12(3)15-16-14(17-18-15)13-9-7-11(2)8-10-13/h4-10H,1-3H3/b5-4-,12-6+. The molecule has 0 saturated heterocycles. The van der Waals surface area contributed by atoms with E-state index in [1.807, 2.05) is 56.3 Å². The van der Waals surface area contributed by atoms with Crippen LogP contribution in [0.5, 0.6) is 0 Å². The van der Waals surface area contributed by atoms with Crippen molar-refractivity contribution in [3.05, 3.63) is 53.9 Å². The Bertz CT molecular complexity index is 577. The van der Waals surface area contributed by atoms with E-state index < -0.39 is 0 Å². The number of allylic oxidation sites excluding steroid dienone is 4. The first-order valence-corrected chi connectivity index (χ1v) is 5.91. The number of aryl methyl sites for hydroxylation is 1. The van der Waals surface area contributed by atoms with Crippen molar-refractivity contribution in [3.8, 4) is 11.4 Å². The molecule has 92 valence electrons. The van der Waals surface area contributed by atoms with Crippen molar-refractivity contribution in [2.24, 2.45) is 0 Å². The molecule has 0 atom stereocenters. The van der Waals surface area contributed by atoms with Gasteiger partial charge in [0.25, 0.3) is 5.89 Å². The predicted octanol–water partition coefficient (Wildman–Crippen LogP) is 4.02. The van der Waals surface area contributed by atoms with Crippen LogP contribution in [-0.2, 0) is 0 Å². The minimum absolute atomic E-state index is 0.559. The Hall–Kier alpha value is -2.16. The van der Waals surface area contributed by atoms with Crippen molar-refractivity contribution >= 4 is 5.57 Å². The van der Waals surface area contributed by atoms with E-state index in [4.69, 9.17) is 4.52 Å². The molecule has 0 bridgehead atoms. The van der Waals surface area contributed by atoms with Gasteiger partial charge in [0.05, 0.1) is 0 Å². The molecule has 3 heteroatoms. The van der Waals surface area contributed by atoms with Gasteiger partial charge >= 0.3 is 0 Å². The van der Waals surface area contributed by atoms with Crippen molar-refractivity contribution in [2.45, 2.75) is 20.8 Å². The summed E-state index contributed by atoms with van der Waals surface area (Å²) in [5, 5.41) is 3.99. The van der Waals surface area contributed by atoms with Crippen LogP contribution in [0.25, 0.3) is 17.0 Å². The van der Waals surface area contributed by atoms with E-state index in [1.54, 1.807) is 0 Å². The summed E-state index contributed by atoms with van der Waals surface area (Å²) in [5.74, 6) is 1.18. The van der Waals surface area contributed by atoms with Gasteiger partial charge in [-0.15, -0.1) is 0 Å². The van der Waals surface area contributed by atoms with Gasteiger partial charge < -0.3 is 4.52 Å². The Balaban J connectivity index is 2.28. The average Bonchev–Trinajstić information content (AvgIpc) is 2.86.